The molecular weight excluding hydrogens is 212 g/mol. The van der Waals surface area contributed by atoms with Gasteiger partial charge in [-0.2, -0.15) is 0 Å². The van der Waals surface area contributed by atoms with E-state index in [1.165, 1.54) is 0 Å². The van der Waals surface area contributed by atoms with Crippen LogP contribution < -0.4 is 0 Å². The summed E-state index contributed by atoms with van der Waals surface area (Å²) in [6.07, 6.45) is 3.09. The highest BCUT2D eigenvalue weighted by Crippen LogP contribution is 2.45. The zero-order valence-corrected chi connectivity index (χ0v) is 8.75. The maximum atomic E-state index is 10.9. The van der Waals surface area contributed by atoms with E-state index in [4.69, 9.17) is 16.0 Å². The van der Waals surface area contributed by atoms with E-state index in [9.17, 15) is 4.79 Å². The molecule has 1 aliphatic carbocycles. The molecule has 1 saturated carbocycles. The number of hydrogen-bond donors (Lipinski definition) is 0. The minimum Gasteiger partial charge on any atom is -0.453 e. The molecule has 0 bridgehead atoms. The van der Waals surface area contributed by atoms with Gasteiger partial charge in [0.2, 0.25) is 0 Å². The van der Waals surface area contributed by atoms with Gasteiger partial charge in [0.1, 0.15) is 5.58 Å². The second-order valence-electron chi connectivity index (χ2n) is 3.91. The first kappa shape index (κ1) is 8.98. The van der Waals surface area contributed by atoms with E-state index in [2.05, 4.69) is 0 Å². The van der Waals surface area contributed by atoms with Crippen LogP contribution in [0.15, 0.2) is 22.6 Å². The molecule has 1 aromatic heterocycles. The van der Waals surface area contributed by atoms with Gasteiger partial charge in [0.05, 0.1) is 0 Å². The highest BCUT2D eigenvalue weighted by molar-refractivity contribution is 6.31. The third-order valence-corrected chi connectivity index (χ3v) is 3.05. The molecule has 3 heteroatoms. The monoisotopic (exact) mass is 220 g/mol. The average molecular weight is 221 g/mol. The average Bonchev–Trinajstić information content (AvgIpc) is 2.99. The summed E-state index contributed by atoms with van der Waals surface area (Å²) in [5.74, 6) is 0.974. The van der Waals surface area contributed by atoms with Crippen LogP contribution in [0.25, 0.3) is 11.0 Å². The third kappa shape index (κ3) is 1.37. The summed E-state index contributed by atoms with van der Waals surface area (Å²) in [5.41, 5.74) is 1.78. The van der Waals surface area contributed by atoms with E-state index in [-0.39, 0.29) is 0 Å². The highest BCUT2D eigenvalue weighted by Gasteiger charge is 2.30. The van der Waals surface area contributed by atoms with Gasteiger partial charge >= 0.3 is 0 Å². The lowest BCUT2D eigenvalue weighted by atomic mass is 10.1. The SMILES string of the molecule is O=Cc1oc2cc(Cl)ccc2c1C1CC1. The molecular formula is C12H9ClO2. The van der Waals surface area contributed by atoms with E-state index in [1.807, 2.05) is 12.1 Å². The molecule has 76 valence electrons. The smallest absolute Gasteiger partial charge is 0.185 e. The predicted octanol–water partition coefficient (Wildman–Crippen LogP) is 3.78. The first-order valence-electron chi connectivity index (χ1n) is 4.96. The van der Waals surface area contributed by atoms with Crippen LogP contribution in [-0.2, 0) is 0 Å². The standard InChI is InChI=1S/C12H9ClO2/c13-8-3-4-9-10(5-8)15-11(6-14)12(9)7-1-2-7/h3-7H,1-2H2. The number of carbonyl (C=O) groups is 1. The second kappa shape index (κ2) is 3.11. The Morgan fingerprint density at radius 1 is 1.40 bits per heavy atom. The van der Waals surface area contributed by atoms with E-state index < -0.39 is 0 Å². The van der Waals surface area contributed by atoms with Crippen molar-refractivity contribution in [2.75, 3.05) is 0 Å². The Bertz CT molecular complexity index is 538. The maximum absolute atomic E-state index is 10.9. The van der Waals surface area contributed by atoms with Crippen LogP contribution in [0.5, 0.6) is 0 Å². The zero-order chi connectivity index (χ0) is 10.4. The topological polar surface area (TPSA) is 30.2 Å². The number of aldehydes is 1. The number of furan rings is 1. The van der Waals surface area contributed by atoms with Crippen molar-refractivity contribution in [3.8, 4) is 0 Å². The van der Waals surface area contributed by atoms with Gasteiger partial charge in [-0.05, 0) is 30.9 Å². The molecule has 0 saturated heterocycles. The van der Waals surface area contributed by atoms with Gasteiger partial charge < -0.3 is 4.42 Å². The van der Waals surface area contributed by atoms with Gasteiger partial charge in [0.15, 0.2) is 12.0 Å². The molecule has 0 N–H and O–H groups in total. The van der Waals surface area contributed by atoms with Crippen LogP contribution in [0.2, 0.25) is 5.02 Å². The van der Waals surface area contributed by atoms with Crippen molar-refractivity contribution in [1.82, 2.24) is 0 Å². The summed E-state index contributed by atoms with van der Waals surface area (Å²) in [5, 5.41) is 1.67. The summed E-state index contributed by atoms with van der Waals surface area (Å²) >= 11 is 5.87. The predicted molar refractivity (Wildman–Crippen MR) is 58.6 cm³/mol. The van der Waals surface area contributed by atoms with Gasteiger partial charge in [0.25, 0.3) is 0 Å². The van der Waals surface area contributed by atoms with Crippen LogP contribution in [0.1, 0.15) is 34.9 Å². The molecule has 0 radical (unpaired) electrons. The summed E-state index contributed by atoms with van der Waals surface area (Å²) in [6.45, 7) is 0. The van der Waals surface area contributed by atoms with Gasteiger partial charge in [-0.1, -0.05) is 11.6 Å². The van der Waals surface area contributed by atoms with Crippen molar-refractivity contribution in [3.63, 3.8) is 0 Å². The molecule has 0 aliphatic heterocycles. The molecule has 1 fully saturated rings. The van der Waals surface area contributed by atoms with Crippen LogP contribution in [0.3, 0.4) is 0 Å². The maximum Gasteiger partial charge on any atom is 0.185 e. The van der Waals surface area contributed by atoms with E-state index >= 15 is 0 Å². The summed E-state index contributed by atoms with van der Waals surface area (Å²) in [6, 6.07) is 5.53. The molecule has 3 rings (SSSR count). The van der Waals surface area contributed by atoms with Gasteiger partial charge in [-0.25, -0.2) is 0 Å². The molecule has 1 heterocycles. The van der Waals surface area contributed by atoms with E-state index in [0.29, 0.717) is 22.3 Å². The van der Waals surface area contributed by atoms with Gasteiger partial charge in [-0.3, -0.25) is 4.79 Å². The van der Waals surface area contributed by atoms with Crippen molar-refractivity contribution in [3.05, 3.63) is 34.5 Å². The Labute approximate surface area is 91.8 Å². The zero-order valence-electron chi connectivity index (χ0n) is 8.00. The van der Waals surface area contributed by atoms with E-state index in [0.717, 1.165) is 30.1 Å². The number of carbonyl (C=O) groups excluding carboxylic acids is 1. The first-order chi connectivity index (χ1) is 7.29. The van der Waals surface area contributed by atoms with Gasteiger partial charge in [-0.15, -0.1) is 0 Å². The van der Waals surface area contributed by atoms with Gasteiger partial charge in [0, 0.05) is 22.0 Å². The Morgan fingerprint density at radius 3 is 2.87 bits per heavy atom. The van der Waals surface area contributed by atoms with Crippen molar-refractivity contribution < 1.29 is 9.21 Å². The van der Waals surface area contributed by atoms with Crippen molar-refractivity contribution in [1.29, 1.82) is 0 Å². The van der Waals surface area contributed by atoms with E-state index in [1.54, 1.807) is 6.07 Å². The number of fused-ring (bicyclic) bond motifs is 1. The number of benzene rings is 1. The van der Waals surface area contributed by atoms with Crippen LogP contribution in [-0.4, -0.2) is 6.29 Å². The number of rotatable bonds is 2. The highest BCUT2D eigenvalue weighted by atomic mass is 35.5. The first-order valence-corrected chi connectivity index (χ1v) is 5.34. The Kier molecular flexibility index (Phi) is 1.86. The Morgan fingerprint density at radius 2 is 2.20 bits per heavy atom. The van der Waals surface area contributed by atoms with Crippen LogP contribution in [0.4, 0.5) is 0 Å². The molecule has 0 amide bonds. The molecule has 1 aromatic carbocycles. The summed E-state index contributed by atoms with van der Waals surface area (Å²) in [7, 11) is 0. The third-order valence-electron chi connectivity index (χ3n) is 2.81. The minimum atomic E-state index is 0.467. The van der Waals surface area contributed by atoms with Crippen molar-refractivity contribution in [2.24, 2.45) is 0 Å². The number of hydrogen-bond acceptors (Lipinski definition) is 2. The fourth-order valence-electron chi connectivity index (χ4n) is 1.99. The number of halogens is 1. The Hall–Kier alpha value is -1.28. The Balaban J connectivity index is 2.33. The normalized spacial score (nSPS) is 15.8. The molecule has 0 unspecified atom stereocenters. The molecule has 0 atom stereocenters. The minimum absolute atomic E-state index is 0.467. The molecule has 0 spiro atoms. The quantitative estimate of drug-likeness (QED) is 0.721. The second-order valence-corrected chi connectivity index (χ2v) is 4.35. The van der Waals surface area contributed by atoms with Crippen LogP contribution in [0, 0.1) is 0 Å². The van der Waals surface area contributed by atoms with Crippen LogP contribution >= 0.6 is 11.6 Å². The largest absolute Gasteiger partial charge is 0.453 e. The summed E-state index contributed by atoms with van der Waals surface area (Å²) < 4.78 is 5.48. The van der Waals surface area contributed by atoms with Crippen molar-refractivity contribution >= 4 is 28.9 Å². The van der Waals surface area contributed by atoms with Crippen molar-refractivity contribution in [2.45, 2.75) is 18.8 Å². The molecule has 15 heavy (non-hydrogen) atoms. The summed E-state index contributed by atoms with van der Waals surface area (Å²) in [4.78, 5) is 10.9. The molecule has 2 aromatic rings. The molecule has 1 aliphatic rings. The molecule has 2 nitrogen and oxygen atoms in total. The lowest BCUT2D eigenvalue weighted by Crippen LogP contribution is -1.83. The lowest BCUT2D eigenvalue weighted by Gasteiger charge is -1.94. The fourth-order valence-corrected chi connectivity index (χ4v) is 2.15. The fraction of sp³-hybridized carbons (Fsp3) is 0.250. The lowest BCUT2D eigenvalue weighted by molar-refractivity contribution is 0.110.